The second kappa shape index (κ2) is 2.85. The minimum atomic E-state index is -0.737. The molecule has 5 heteroatoms. The highest BCUT2D eigenvalue weighted by Crippen LogP contribution is 2.51. The van der Waals surface area contributed by atoms with E-state index in [0.717, 1.165) is 15.9 Å². The molecule has 2 aromatic heterocycles. The van der Waals surface area contributed by atoms with Crippen molar-refractivity contribution in [3.63, 3.8) is 0 Å². The van der Waals surface area contributed by atoms with Crippen molar-refractivity contribution in [3.05, 3.63) is 16.6 Å². The van der Waals surface area contributed by atoms with Crippen molar-refractivity contribution >= 4 is 27.5 Å². The van der Waals surface area contributed by atoms with E-state index in [4.69, 9.17) is 0 Å². The standard InChI is InChI=1S/C11H12N2O2S/c1-6-5-7-8(16-6)9(12-13(7)2)11(3-4-11)10(14)15/h5H,3-4H2,1-2H3,(H,14,15). The molecule has 0 radical (unpaired) electrons. The Morgan fingerprint density at radius 1 is 1.62 bits per heavy atom. The van der Waals surface area contributed by atoms with Crippen molar-refractivity contribution in [3.8, 4) is 0 Å². The first-order valence-corrected chi connectivity index (χ1v) is 6.03. The molecule has 0 bridgehead atoms. The molecule has 1 aliphatic carbocycles. The summed E-state index contributed by atoms with van der Waals surface area (Å²) in [4.78, 5) is 12.5. The normalized spacial score (nSPS) is 17.9. The Kier molecular flexibility index (Phi) is 1.75. The van der Waals surface area contributed by atoms with Crippen LogP contribution in [0.4, 0.5) is 0 Å². The average Bonchev–Trinajstić information content (AvgIpc) is 2.85. The molecular formula is C11H12N2O2S. The lowest BCUT2D eigenvalue weighted by molar-refractivity contribution is -0.140. The highest BCUT2D eigenvalue weighted by atomic mass is 32.1. The van der Waals surface area contributed by atoms with E-state index < -0.39 is 11.4 Å². The molecule has 1 fully saturated rings. The molecular weight excluding hydrogens is 224 g/mol. The molecule has 2 heterocycles. The predicted octanol–water partition coefficient (Wildman–Crippen LogP) is 2.06. The lowest BCUT2D eigenvalue weighted by Crippen LogP contribution is -2.20. The van der Waals surface area contributed by atoms with Gasteiger partial charge in [0.1, 0.15) is 5.41 Å². The van der Waals surface area contributed by atoms with Crippen LogP contribution in [-0.2, 0) is 17.3 Å². The van der Waals surface area contributed by atoms with Gasteiger partial charge >= 0.3 is 5.97 Å². The molecule has 1 N–H and O–H groups in total. The van der Waals surface area contributed by atoms with Crippen LogP contribution < -0.4 is 0 Å². The number of aromatic nitrogens is 2. The quantitative estimate of drug-likeness (QED) is 0.868. The van der Waals surface area contributed by atoms with Gasteiger partial charge in [0.15, 0.2) is 0 Å². The average molecular weight is 236 g/mol. The van der Waals surface area contributed by atoms with Crippen LogP contribution in [0, 0.1) is 6.92 Å². The van der Waals surface area contributed by atoms with Gasteiger partial charge in [-0.3, -0.25) is 9.48 Å². The number of hydrogen-bond donors (Lipinski definition) is 1. The van der Waals surface area contributed by atoms with Crippen molar-refractivity contribution < 1.29 is 9.90 Å². The van der Waals surface area contributed by atoms with E-state index in [1.54, 1.807) is 16.0 Å². The Morgan fingerprint density at radius 2 is 2.31 bits per heavy atom. The van der Waals surface area contributed by atoms with Gasteiger partial charge in [-0.05, 0) is 25.8 Å². The summed E-state index contributed by atoms with van der Waals surface area (Å²) >= 11 is 1.64. The van der Waals surface area contributed by atoms with Crippen molar-refractivity contribution in [2.45, 2.75) is 25.2 Å². The second-order valence-electron chi connectivity index (χ2n) is 4.43. The predicted molar refractivity (Wildman–Crippen MR) is 61.9 cm³/mol. The van der Waals surface area contributed by atoms with Crippen LogP contribution in [0.15, 0.2) is 6.07 Å². The van der Waals surface area contributed by atoms with Crippen LogP contribution in [0.25, 0.3) is 10.2 Å². The summed E-state index contributed by atoms with van der Waals surface area (Å²) in [5, 5.41) is 13.7. The molecule has 0 spiro atoms. The third kappa shape index (κ3) is 1.09. The van der Waals surface area contributed by atoms with Gasteiger partial charge < -0.3 is 5.11 Å². The molecule has 84 valence electrons. The van der Waals surface area contributed by atoms with Gasteiger partial charge in [0.25, 0.3) is 0 Å². The lowest BCUT2D eigenvalue weighted by Gasteiger charge is -2.05. The Hall–Kier alpha value is -1.36. The number of carbonyl (C=O) groups is 1. The topological polar surface area (TPSA) is 55.1 Å². The van der Waals surface area contributed by atoms with Gasteiger partial charge in [-0.25, -0.2) is 0 Å². The summed E-state index contributed by atoms with van der Waals surface area (Å²) in [6, 6.07) is 2.06. The Bertz CT molecular complexity index is 592. The van der Waals surface area contributed by atoms with Crippen LogP contribution in [0.5, 0.6) is 0 Å². The fraction of sp³-hybridized carbons (Fsp3) is 0.455. The van der Waals surface area contributed by atoms with Crippen LogP contribution in [0.3, 0.4) is 0 Å². The Balaban J connectivity index is 2.28. The van der Waals surface area contributed by atoms with Gasteiger partial charge in [0.2, 0.25) is 0 Å². The van der Waals surface area contributed by atoms with Crippen LogP contribution in [-0.4, -0.2) is 20.9 Å². The van der Waals surface area contributed by atoms with Crippen LogP contribution in [0.2, 0.25) is 0 Å². The maximum Gasteiger partial charge on any atom is 0.315 e. The van der Waals surface area contributed by atoms with E-state index in [2.05, 4.69) is 11.2 Å². The number of aliphatic carboxylic acids is 1. The first kappa shape index (κ1) is 9.84. The lowest BCUT2D eigenvalue weighted by atomic mass is 10.0. The molecule has 0 amide bonds. The maximum atomic E-state index is 11.3. The third-order valence-electron chi connectivity index (χ3n) is 3.26. The van der Waals surface area contributed by atoms with Gasteiger partial charge in [-0.2, -0.15) is 5.10 Å². The van der Waals surface area contributed by atoms with Gasteiger partial charge in [-0.15, -0.1) is 11.3 Å². The summed E-state index contributed by atoms with van der Waals surface area (Å²) < 4.78 is 2.83. The van der Waals surface area contributed by atoms with Crippen LogP contribution in [0.1, 0.15) is 23.4 Å². The molecule has 1 aliphatic rings. The molecule has 0 aromatic carbocycles. The number of rotatable bonds is 2. The summed E-state index contributed by atoms with van der Waals surface area (Å²) in [6.07, 6.45) is 1.43. The zero-order valence-electron chi connectivity index (χ0n) is 9.15. The molecule has 0 saturated heterocycles. The Morgan fingerprint density at radius 3 is 2.88 bits per heavy atom. The number of thiophene rings is 1. The number of carboxylic acid groups (broad SMARTS) is 1. The zero-order chi connectivity index (χ0) is 11.5. The molecule has 16 heavy (non-hydrogen) atoms. The van der Waals surface area contributed by atoms with Crippen molar-refractivity contribution in [1.29, 1.82) is 0 Å². The van der Waals surface area contributed by atoms with E-state index >= 15 is 0 Å². The van der Waals surface area contributed by atoms with E-state index in [1.807, 2.05) is 14.0 Å². The third-order valence-corrected chi connectivity index (χ3v) is 4.31. The number of fused-ring (bicyclic) bond motifs is 1. The summed E-state index contributed by atoms with van der Waals surface area (Å²) in [5.74, 6) is -0.737. The van der Waals surface area contributed by atoms with Gasteiger partial charge in [0.05, 0.1) is 15.9 Å². The van der Waals surface area contributed by atoms with E-state index in [-0.39, 0.29) is 0 Å². The van der Waals surface area contributed by atoms with Crippen LogP contribution >= 0.6 is 11.3 Å². The summed E-state index contributed by atoms with van der Waals surface area (Å²) in [7, 11) is 1.87. The fourth-order valence-corrected chi connectivity index (χ4v) is 3.27. The van der Waals surface area contributed by atoms with Gasteiger partial charge in [0, 0.05) is 11.9 Å². The highest BCUT2D eigenvalue weighted by Gasteiger charge is 2.55. The number of nitrogens with zero attached hydrogens (tertiary/aromatic N) is 2. The van der Waals surface area contributed by atoms with Gasteiger partial charge in [-0.1, -0.05) is 0 Å². The monoisotopic (exact) mass is 236 g/mol. The van der Waals surface area contributed by atoms with E-state index in [1.165, 1.54) is 4.88 Å². The van der Waals surface area contributed by atoms with Crippen molar-refractivity contribution in [2.24, 2.45) is 7.05 Å². The van der Waals surface area contributed by atoms with E-state index in [9.17, 15) is 9.90 Å². The maximum absolute atomic E-state index is 11.3. The smallest absolute Gasteiger partial charge is 0.315 e. The largest absolute Gasteiger partial charge is 0.481 e. The van der Waals surface area contributed by atoms with Crippen molar-refractivity contribution in [1.82, 2.24) is 9.78 Å². The molecule has 0 aliphatic heterocycles. The molecule has 0 unspecified atom stereocenters. The summed E-state index contributed by atoms with van der Waals surface area (Å²) in [6.45, 7) is 2.04. The van der Waals surface area contributed by atoms with Crippen molar-refractivity contribution in [2.75, 3.05) is 0 Å². The first-order valence-electron chi connectivity index (χ1n) is 5.21. The number of carboxylic acids is 1. The Labute approximate surface area is 96.5 Å². The molecule has 0 atom stereocenters. The number of aryl methyl sites for hydroxylation is 2. The minimum Gasteiger partial charge on any atom is -0.481 e. The summed E-state index contributed by atoms with van der Waals surface area (Å²) in [5.41, 5.74) is 1.11. The molecule has 2 aromatic rings. The fourth-order valence-electron chi connectivity index (χ4n) is 2.15. The molecule has 3 rings (SSSR count). The number of hydrogen-bond acceptors (Lipinski definition) is 3. The molecule has 4 nitrogen and oxygen atoms in total. The molecule has 1 saturated carbocycles. The highest BCUT2D eigenvalue weighted by molar-refractivity contribution is 7.19. The van der Waals surface area contributed by atoms with E-state index in [0.29, 0.717) is 12.8 Å². The minimum absolute atomic E-state index is 0.698. The SMILES string of the molecule is Cc1cc2c(s1)c(C1(C(=O)O)CC1)nn2C. The second-order valence-corrected chi connectivity index (χ2v) is 5.69. The first-order chi connectivity index (χ1) is 7.54. The zero-order valence-corrected chi connectivity index (χ0v) is 9.97.